The predicted octanol–water partition coefficient (Wildman–Crippen LogP) is 7.41. The molecule has 6 heteroatoms. The van der Waals surface area contributed by atoms with Crippen molar-refractivity contribution in [2.75, 3.05) is 0 Å². The van der Waals surface area contributed by atoms with E-state index in [0.29, 0.717) is 30.7 Å². The Balaban J connectivity index is 1.48. The van der Waals surface area contributed by atoms with E-state index in [9.17, 15) is 9.59 Å². The van der Waals surface area contributed by atoms with Crippen LogP contribution in [0.3, 0.4) is 0 Å². The molecule has 3 unspecified atom stereocenters. The summed E-state index contributed by atoms with van der Waals surface area (Å²) in [5, 5.41) is 8.01. The van der Waals surface area contributed by atoms with Crippen molar-refractivity contribution in [2.24, 2.45) is 23.5 Å². The molecule has 212 valence electrons. The summed E-state index contributed by atoms with van der Waals surface area (Å²) in [6.45, 7) is 5.80. The van der Waals surface area contributed by atoms with Crippen molar-refractivity contribution < 1.29 is 14.0 Å². The van der Waals surface area contributed by atoms with Gasteiger partial charge in [0.1, 0.15) is 5.82 Å². The molecular weight excluding hydrogens is 501 g/mol. The molecule has 0 spiro atoms. The number of carbonyl (C=O) groups excluding carboxylic acids is 2. The first-order valence-corrected chi connectivity index (χ1v) is 14.7. The van der Waals surface area contributed by atoms with Gasteiger partial charge in [-0.3, -0.25) is 14.6 Å². The standard InChI is InChI=1S/C34H42FN3O2/c1-3-33(39)30(36)18-24-9-6-10-25(17-24)20-32-29(35)21-28(34(37)40)31(38-32)19-23-13-15-27(16-14-23)26-11-4-7-22(2)8-5-12-26/h3,11,13-16,21-22,24-25,36H,1,4-10,12,17-20H2,2H3,(H2,37,40). The topological polar surface area (TPSA) is 96.9 Å². The number of amides is 1. The highest BCUT2D eigenvalue weighted by molar-refractivity contribution is 6.42. The van der Waals surface area contributed by atoms with E-state index < -0.39 is 11.7 Å². The van der Waals surface area contributed by atoms with Crippen LogP contribution < -0.4 is 5.73 Å². The molecule has 0 saturated heterocycles. The van der Waals surface area contributed by atoms with Gasteiger partial charge in [0.15, 0.2) is 5.78 Å². The molecule has 0 radical (unpaired) electrons. The number of aromatic nitrogens is 1. The molecule has 1 aromatic heterocycles. The maximum atomic E-state index is 15.1. The third kappa shape index (κ3) is 7.83. The molecule has 2 aliphatic rings. The largest absolute Gasteiger partial charge is 0.366 e. The first-order chi connectivity index (χ1) is 19.2. The van der Waals surface area contributed by atoms with Crippen LogP contribution in [0, 0.1) is 29.0 Å². The highest BCUT2D eigenvalue weighted by atomic mass is 19.1. The number of nitrogens with one attached hydrogen (secondary N) is 1. The number of nitrogens with zero attached hydrogens (tertiary/aromatic N) is 1. The zero-order valence-corrected chi connectivity index (χ0v) is 23.7. The van der Waals surface area contributed by atoms with Crippen molar-refractivity contribution in [2.45, 2.75) is 84.0 Å². The Hall–Kier alpha value is -3.41. The van der Waals surface area contributed by atoms with Gasteiger partial charge in [-0.05, 0) is 91.5 Å². The molecule has 2 aliphatic carbocycles. The van der Waals surface area contributed by atoms with Crippen molar-refractivity contribution in [3.05, 3.63) is 83.0 Å². The van der Waals surface area contributed by atoms with Gasteiger partial charge in [-0.15, -0.1) is 0 Å². The summed E-state index contributed by atoms with van der Waals surface area (Å²) in [4.78, 5) is 28.6. The van der Waals surface area contributed by atoms with Gasteiger partial charge in [-0.2, -0.15) is 0 Å². The summed E-state index contributed by atoms with van der Waals surface area (Å²) in [5.41, 5.74) is 10.3. The quantitative estimate of drug-likeness (QED) is 0.241. The zero-order chi connectivity index (χ0) is 28.6. The van der Waals surface area contributed by atoms with Gasteiger partial charge in [0.2, 0.25) is 0 Å². The second kappa shape index (κ2) is 13.8. The van der Waals surface area contributed by atoms with E-state index >= 15 is 4.39 Å². The molecule has 1 saturated carbocycles. The minimum atomic E-state index is -0.679. The van der Waals surface area contributed by atoms with Crippen LogP contribution >= 0.6 is 0 Å². The normalized spacial score (nSPS) is 21.6. The molecule has 0 bridgehead atoms. The van der Waals surface area contributed by atoms with Gasteiger partial charge in [-0.25, -0.2) is 4.39 Å². The SMILES string of the molecule is C=CC(=O)C(=N)CC1CCCC(Cc2nc(Cc3ccc(C4=CCCC(C)CCC4)cc3)c(C(N)=O)cc2F)C1. The lowest BCUT2D eigenvalue weighted by atomic mass is 9.77. The second-order valence-corrected chi connectivity index (χ2v) is 11.8. The van der Waals surface area contributed by atoms with Crippen LogP contribution in [0.5, 0.6) is 0 Å². The van der Waals surface area contributed by atoms with E-state index in [1.165, 1.54) is 42.5 Å². The van der Waals surface area contributed by atoms with E-state index in [1.54, 1.807) is 0 Å². The molecule has 1 amide bonds. The van der Waals surface area contributed by atoms with Gasteiger partial charge < -0.3 is 11.1 Å². The maximum Gasteiger partial charge on any atom is 0.250 e. The van der Waals surface area contributed by atoms with Crippen LogP contribution in [0.15, 0.2) is 49.1 Å². The number of hydrogen-bond acceptors (Lipinski definition) is 4. The van der Waals surface area contributed by atoms with Crippen LogP contribution in [0.4, 0.5) is 4.39 Å². The van der Waals surface area contributed by atoms with Crippen molar-refractivity contribution in [1.29, 1.82) is 5.41 Å². The van der Waals surface area contributed by atoms with Crippen LogP contribution in [0.25, 0.3) is 5.57 Å². The third-order valence-electron chi connectivity index (χ3n) is 8.63. The van der Waals surface area contributed by atoms with Gasteiger partial charge >= 0.3 is 0 Å². The molecule has 2 aromatic rings. The molecule has 3 N–H and O–H groups in total. The number of halogens is 1. The molecule has 1 fully saturated rings. The minimum Gasteiger partial charge on any atom is -0.366 e. The maximum absolute atomic E-state index is 15.1. The Morgan fingerprint density at radius 2 is 1.85 bits per heavy atom. The summed E-state index contributed by atoms with van der Waals surface area (Å²) < 4.78 is 15.1. The Kier molecular flexibility index (Phi) is 10.2. The molecule has 40 heavy (non-hydrogen) atoms. The molecular formula is C34H42FN3O2. The lowest BCUT2D eigenvalue weighted by Crippen LogP contribution is -2.23. The average Bonchev–Trinajstić information content (AvgIpc) is 2.92. The van der Waals surface area contributed by atoms with Crippen molar-refractivity contribution in [1.82, 2.24) is 4.98 Å². The Morgan fingerprint density at radius 1 is 1.10 bits per heavy atom. The highest BCUT2D eigenvalue weighted by Crippen LogP contribution is 2.34. The number of primary amides is 1. The number of carbonyl (C=O) groups is 2. The summed E-state index contributed by atoms with van der Waals surface area (Å²) >= 11 is 0. The van der Waals surface area contributed by atoms with E-state index in [1.807, 2.05) is 0 Å². The fourth-order valence-electron chi connectivity index (χ4n) is 6.34. The van der Waals surface area contributed by atoms with Crippen molar-refractivity contribution >= 4 is 23.0 Å². The van der Waals surface area contributed by atoms with Crippen molar-refractivity contribution in [3.8, 4) is 0 Å². The Labute approximate surface area is 237 Å². The number of pyridine rings is 1. The zero-order valence-electron chi connectivity index (χ0n) is 23.7. The number of hydrogen-bond donors (Lipinski definition) is 2. The number of benzene rings is 1. The van der Waals surface area contributed by atoms with Gasteiger partial charge in [0.25, 0.3) is 5.91 Å². The van der Waals surface area contributed by atoms with Gasteiger partial charge in [-0.1, -0.05) is 69.5 Å². The summed E-state index contributed by atoms with van der Waals surface area (Å²) in [6, 6.07) is 9.65. The summed E-state index contributed by atoms with van der Waals surface area (Å²) in [7, 11) is 0. The smallest absolute Gasteiger partial charge is 0.250 e. The monoisotopic (exact) mass is 543 g/mol. The van der Waals surface area contributed by atoms with Gasteiger partial charge in [0, 0.05) is 6.42 Å². The van der Waals surface area contributed by atoms with Crippen molar-refractivity contribution in [3.63, 3.8) is 0 Å². The molecule has 5 nitrogen and oxygen atoms in total. The fourth-order valence-corrected chi connectivity index (χ4v) is 6.34. The number of rotatable bonds is 10. The first-order valence-electron chi connectivity index (χ1n) is 14.7. The molecule has 3 atom stereocenters. The summed E-state index contributed by atoms with van der Waals surface area (Å²) in [5.74, 6) is -0.298. The second-order valence-electron chi connectivity index (χ2n) is 11.8. The molecule has 1 heterocycles. The number of allylic oxidation sites excluding steroid dienone is 3. The molecule has 4 rings (SSSR count). The summed E-state index contributed by atoms with van der Waals surface area (Å²) in [6.07, 6.45) is 14.4. The molecule has 0 aliphatic heterocycles. The lowest BCUT2D eigenvalue weighted by molar-refractivity contribution is -0.109. The van der Waals surface area contributed by atoms with Gasteiger partial charge in [0.05, 0.1) is 22.7 Å². The Morgan fingerprint density at radius 3 is 2.58 bits per heavy atom. The Bertz CT molecular complexity index is 1280. The van der Waals surface area contributed by atoms with E-state index in [-0.39, 0.29) is 28.9 Å². The van der Waals surface area contributed by atoms with Crippen LogP contribution in [0.2, 0.25) is 0 Å². The third-order valence-corrected chi connectivity index (χ3v) is 8.63. The first kappa shape index (κ1) is 29.6. The van der Waals surface area contributed by atoms with E-state index in [2.05, 4.69) is 48.8 Å². The van der Waals surface area contributed by atoms with Crippen LogP contribution in [-0.4, -0.2) is 22.4 Å². The predicted molar refractivity (Wildman–Crippen MR) is 159 cm³/mol. The average molecular weight is 544 g/mol. The highest BCUT2D eigenvalue weighted by Gasteiger charge is 2.26. The van der Waals surface area contributed by atoms with E-state index in [0.717, 1.165) is 50.0 Å². The van der Waals surface area contributed by atoms with Crippen LogP contribution in [-0.2, 0) is 17.6 Å². The lowest BCUT2D eigenvalue weighted by Gasteiger charge is -2.29. The number of nitrogens with two attached hydrogens (primary N) is 1. The van der Waals surface area contributed by atoms with E-state index in [4.69, 9.17) is 11.1 Å². The molecule has 1 aromatic carbocycles. The minimum absolute atomic E-state index is 0.0875. The fraction of sp³-hybridized carbons (Fsp3) is 0.471. The number of ketones is 1. The van der Waals surface area contributed by atoms with Crippen LogP contribution in [0.1, 0.15) is 104 Å².